The smallest absolute Gasteiger partial charge is 0.224 e. The molecule has 1 amide bonds. The van der Waals surface area contributed by atoms with E-state index in [-0.39, 0.29) is 12.3 Å². The largest absolute Gasteiger partial charge is 0.349 e. The summed E-state index contributed by atoms with van der Waals surface area (Å²) in [4.78, 5) is 25.0. The van der Waals surface area contributed by atoms with Crippen LogP contribution in [0, 0.1) is 0 Å². The van der Waals surface area contributed by atoms with Crippen LogP contribution in [0.25, 0.3) is 38.7 Å². The highest BCUT2D eigenvalue weighted by atomic mass is 16.1. The first-order chi connectivity index (χ1) is 19.7. The standard InChI is InChI=1S/C31H24N8O/c40-31(33-18-29-35-25-8-2-3-9-26(25)36-29)17-21-19-39(27-10-4-1-7-23(21)27)30-14-13-28(37-38-30)34-22-11-12-24-20(16-22)6-5-15-32-24/h1-16,19H,17-18H2,(H,33,40)(H,34,37)(H,35,36). The number of rotatable bonds is 7. The number of carbonyl (C=O) groups is 1. The molecule has 7 aromatic rings. The van der Waals surface area contributed by atoms with Gasteiger partial charge in [0.05, 0.1) is 35.0 Å². The molecule has 0 aliphatic heterocycles. The van der Waals surface area contributed by atoms with Crippen LogP contribution in [0.3, 0.4) is 0 Å². The summed E-state index contributed by atoms with van der Waals surface area (Å²) in [6.07, 6.45) is 3.97. The first kappa shape index (κ1) is 23.5. The van der Waals surface area contributed by atoms with E-state index in [0.717, 1.165) is 49.9 Å². The molecule has 3 N–H and O–H groups in total. The molecule has 194 valence electrons. The van der Waals surface area contributed by atoms with Crippen LogP contribution < -0.4 is 10.6 Å². The van der Waals surface area contributed by atoms with E-state index < -0.39 is 0 Å². The molecule has 0 aliphatic rings. The quantitative estimate of drug-likeness (QED) is 0.256. The van der Waals surface area contributed by atoms with Crippen molar-refractivity contribution in [2.24, 2.45) is 0 Å². The number of fused-ring (bicyclic) bond motifs is 3. The minimum Gasteiger partial charge on any atom is -0.349 e. The summed E-state index contributed by atoms with van der Waals surface area (Å²) in [6, 6.07) is 29.5. The number of H-pyrrole nitrogens is 1. The first-order valence-electron chi connectivity index (χ1n) is 12.9. The Hall–Kier alpha value is -5.57. The van der Waals surface area contributed by atoms with Gasteiger partial charge >= 0.3 is 0 Å². The van der Waals surface area contributed by atoms with Crippen molar-refractivity contribution >= 4 is 50.3 Å². The summed E-state index contributed by atoms with van der Waals surface area (Å²) >= 11 is 0. The third-order valence-corrected chi connectivity index (χ3v) is 6.81. The molecule has 4 heterocycles. The molecule has 0 unspecified atom stereocenters. The van der Waals surface area contributed by atoms with Crippen LogP contribution in [-0.4, -0.2) is 35.6 Å². The van der Waals surface area contributed by atoms with Gasteiger partial charge in [-0.15, -0.1) is 10.2 Å². The molecule has 0 aliphatic carbocycles. The zero-order valence-corrected chi connectivity index (χ0v) is 21.4. The number of hydrogen-bond donors (Lipinski definition) is 3. The van der Waals surface area contributed by atoms with E-state index in [2.05, 4.69) is 35.8 Å². The molecule has 9 nitrogen and oxygen atoms in total. The average Bonchev–Trinajstić information content (AvgIpc) is 3.58. The highest BCUT2D eigenvalue weighted by molar-refractivity contribution is 5.90. The van der Waals surface area contributed by atoms with E-state index in [9.17, 15) is 4.79 Å². The van der Waals surface area contributed by atoms with Crippen LogP contribution in [0.15, 0.2) is 103 Å². The number of amides is 1. The second kappa shape index (κ2) is 9.95. The SMILES string of the molecule is O=C(Cc1cn(-c2ccc(Nc3ccc4ncccc4c3)nn2)c2ccccc12)NCc1nc2ccccc2[nH]1. The van der Waals surface area contributed by atoms with E-state index in [0.29, 0.717) is 18.2 Å². The molecule has 0 bridgehead atoms. The number of hydrogen-bond acceptors (Lipinski definition) is 6. The van der Waals surface area contributed by atoms with Gasteiger partial charge in [0.15, 0.2) is 11.6 Å². The summed E-state index contributed by atoms with van der Waals surface area (Å²) in [6.45, 7) is 0.333. The van der Waals surface area contributed by atoms with Crippen molar-refractivity contribution < 1.29 is 4.79 Å². The molecule has 0 fully saturated rings. The molecule has 0 saturated heterocycles. The molecule has 4 aromatic heterocycles. The molecule has 9 heteroatoms. The fourth-order valence-electron chi connectivity index (χ4n) is 4.91. The van der Waals surface area contributed by atoms with Gasteiger partial charge in [0, 0.05) is 28.9 Å². The van der Waals surface area contributed by atoms with E-state index in [4.69, 9.17) is 0 Å². The third-order valence-electron chi connectivity index (χ3n) is 6.81. The van der Waals surface area contributed by atoms with Crippen LogP contribution in [0.5, 0.6) is 0 Å². The van der Waals surface area contributed by atoms with Crippen molar-refractivity contribution in [2.45, 2.75) is 13.0 Å². The molecule has 0 saturated carbocycles. The van der Waals surface area contributed by atoms with Crippen LogP contribution in [0.1, 0.15) is 11.4 Å². The summed E-state index contributed by atoms with van der Waals surface area (Å²) in [5, 5.41) is 17.2. The number of anilines is 2. The van der Waals surface area contributed by atoms with Gasteiger partial charge in [-0.2, -0.15) is 0 Å². The third kappa shape index (κ3) is 4.60. The number of aromatic amines is 1. The number of para-hydroxylation sites is 3. The molecule has 7 rings (SSSR count). The second-order valence-electron chi connectivity index (χ2n) is 9.51. The van der Waals surface area contributed by atoms with E-state index in [1.807, 2.05) is 102 Å². The van der Waals surface area contributed by atoms with E-state index in [1.165, 1.54) is 0 Å². The van der Waals surface area contributed by atoms with Gasteiger partial charge in [0.1, 0.15) is 5.82 Å². The maximum Gasteiger partial charge on any atom is 0.224 e. The Bertz CT molecular complexity index is 1960. The van der Waals surface area contributed by atoms with Crippen LogP contribution in [0.4, 0.5) is 11.5 Å². The lowest BCUT2D eigenvalue weighted by atomic mass is 10.1. The van der Waals surface area contributed by atoms with Crippen molar-refractivity contribution in [2.75, 3.05) is 5.32 Å². The number of imidazole rings is 1. The zero-order valence-electron chi connectivity index (χ0n) is 21.4. The van der Waals surface area contributed by atoms with Gasteiger partial charge in [-0.3, -0.25) is 14.3 Å². The van der Waals surface area contributed by atoms with Gasteiger partial charge in [-0.25, -0.2) is 4.98 Å². The number of carbonyl (C=O) groups excluding carboxylic acids is 1. The molecule has 40 heavy (non-hydrogen) atoms. The van der Waals surface area contributed by atoms with Gasteiger partial charge in [0.2, 0.25) is 5.91 Å². The number of pyridine rings is 1. The maximum atomic E-state index is 12.9. The number of aromatic nitrogens is 6. The summed E-state index contributed by atoms with van der Waals surface area (Å²) in [5.74, 6) is 1.94. The lowest BCUT2D eigenvalue weighted by Crippen LogP contribution is -2.25. The Morgan fingerprint density at radius 3 is 2.67 bits per heavy atom. The predicted molar refractivity (Wildman–Crippen MR) is 156 cm³/mol. The Kier molecular flexibility index (Phi) is 5.86. The topological polar surface area (TPSA) is 113 Å². The number of nitrogens with zero attached hydrogens (tertiary/aromatic N) is 5. The van der Waals surface area contributed by atoms with E-state index in [1.54, 1.807) is 6.20 Å². The molecule has 3 aromatic carbocycles. The summed E-state index contributed by atoms with van der Waals surface area (Å²) < 4.78 is 1.97. The minimum absolute atomic E-state index is 0.0837. The summed E-state index contributed by atoms with van der Waals surface area (Å²) in [5.41, 5.74) is 5.54. The molecule has 0 radical (unpaired) electrons. The number of benzene rings is 3. The van der Waals surface area contributed by atoms with Gasteiger partial charge in [0.25, 0.3) is 0 Å². The maximum absolute atomic E-state index is 12.9. The molecular weight excluding hydrogens is 500 g/mol. The lowest BCUT2D eigenvalue weighted by Gasteiger charge is -2.08. The molecule has 0 spiro atoms. The molecule has 0 atom stereocenters. The fraction of sp³-hybridized carbons (Fsp3) is 0.0645. The Morgan fingerprint density at radius 1 is 0.875 bits per heavy atom. The van der Waals surface area contributed by atoms with E-state index >= 15 is 0 Å². The van der Waals surface area contributed by atoms with Crippen molar-refractivity contribution in [1.29, 1.82) is 0 Å². The van der Waals surface area contributed by atoms with Gasteiger partial charge < -0.3 is 15.6 Å². The van der Waals surface area contributed by atoms with Gasteiger partial charge in [-0.1, -0.05) is 36.4 Å². The second-order valence-corrected chi connectivity index (χ2v) is 9.51. The lowest BCUT2D eigenvalue weighted by molar-refractivity contribution is -0.120. The van der Waals surface area contributed by atoms with Crippen LogP contribution in [-0.2, 0) is 17.8 Å². The van der Waals surface area contributed by atoms with Gasteiger partial charge in [-0.05, 0) is 60.2 Å². The monoisotopic (exact) mass is 524 g/mol. The molecular formula is C31H24N8O. The Balaban J connectivity index is 1.08. The average molecular weight is 525 g/mol. The normalized spacial score (nSPS) is 11.3. The minimum atomic E-state index is -0.0837. The van der Waals surface area contributed by atoms with Crippen molar-refractivity contribution in [3.63, 3.8) is 0 Å². The van der Waals surface area contributed by atoms with Crippen LogP contribution in [0.2, 0.25) is 0 Å². The zero-order chi connectivity index (χ0) is 26.9. The highest BCUT2D eigenvalue weighted by Gasteiger charge is 2.14. The van der Waals surface area contributed by atoms with Crippen molar-refractivity contribution in [3.05, 3.63) is 115 Å². The highest BCUT2D eigenvalue weighted by Crippen LogP contribution is 2.25. The van der Waals surface area contributed by atoms with Crippen molar-refractivity contribution in [1.82, 2.24) is 35.0 Å². The first-order valence-corrected chi connectivity index (χ1v) is 12.9. The fourth-order valence-corrected chi connectivity index (χ4v) is 4.91. The van der Waals surface area contributed by atoms with Crippen molar-refractivity contribution in [3.8, 4) is 5.82 Å². The Morgan fingerprint density at radius 2 is 1.77 bits per heavy atom. The van der Waals surface area contributed by atoms with Crippen LogP contribution >= 0.6 is 0 Å². The predicted octanol–water partition coefficient (Wildman–Crippen LogP) is 5.45. The number of nitrogens with one attached hydrogen (secondary N) is 3. The summed E-state index contributed by atoms with van der Waals surface area (Å²) in [7, 11) is 0. The Labute approximate surface area is 228 Å².